The quantitative estimate of drug-likeness (QED) is 0.572. The standard InChI is InChI=1S/C8H7Cl2I/c9-4-6-2-1-3-8(10)7(6)5-11/h1-3H,4-5H2. The van der Waals surface area contributed by atoms with Gasteiger partial charge in [0, 0.05) is 15.3 Å². The molecular weight excluding hydrogens is 294 g/mol. The van der Waals surface area contributed by atoms with Gasteiger partial charge in [-0.2, -0.15) is 0 Å². The topological polar surface area (TPSA) is 0 Å². The Morgan fingerprint density at radius 2 is 2.09 bits per heavy atom. The SMILES string of the molecule is ClCc1cccc(Cl)c1CI. The summed E-state index contributed by atoms with van der Waals surface area (Å²) >= 11 is 14.0. The van der Waals surface area contributed by atoms with Crippen molar-refractivity contribution in [3.63, 3.8) is 0 Å². The van der Waals surface area contributed by atoms with Gasteiger partial charge >= 0.3 is 0 Å². The van der Waals surface area contributed by atoms with Crippen molar-refractivity contribution < 1.29 is 0 Å². The zero-order chi connectivity index (χ0) is 8.27. The van der Waals surface area contributed by atoms with E-state index in [4.69, 9.17) is 23.2 Å². The fraction of sp³-hybridized carbons (Fsp3) is 0.250. The van der Waals surface area contributed by atoms with Crippen LogP contribution >= 0.6 is 45.8 Å². The zero-order valence-corrected chi connectivity index (χ0v) is 9.45. The molecule has 0 aromatic heterocycles. The summed E-state index contributed by atoms with van der Waals surface area (Å²) in [4.78, 5) is 0. The van der Waals surface area contributed by atoms with Crippen LogP contribution < -0.4 is 0 Å². The maximum Gasteiger partial charge on any atom is 0.0477 e. The first-order valence-electron chi connectivity index (χ1n) is 3.17. The fourth-order valence-electron chi connectivity index (χ4n) is 0.878. The predicted molar refractivity (Wildman–Crippen MR) is 58.7 cm³/mol. The van der Waals surface area contributed by atoms with E-state index < -0.39 is 0 Å². The van der Waals surface area contributed by atoms with Crippen molar-refractivity contribution in [3.05, 3.63) is 34.3 Å². The first-order chi connectivity index (χ1) is 5.29. The zero-order valence-electron chi connectivity index (χ0n) is 5.78. The van der Waals surface area contributed by atoms with Crippen LogP contribution in [0.3, 0.4) is 0 Å². The molecule has 0 saturated carbocycles. The normalized spacial score (nSPS) is 10.1. The summed E-state index contributed by atoms with van der Waals surface area (Å²) in [6, 6.07) is 5.83. The minimum atomic E-state index is 0.541. The Bertz CT molecular complexity index is 248. The molecule has 0 aliphatic heterocycles. The molecule has 60 valence electrons. The Hall–Kier alpha value is 0.530. The molecule has 3 heteroatoms. The van der Waals surface area contributed by atoms with Crippen molar-refractivity contribution in [1.29, 1.82) is 0 Å². The Kier molecular flexibility index (Phi) is 3.96. The minimum absolute atomic E-state index is 0.541. The van der Waals surface area contributed by atoms with Crippen molar-refractivity contribution in [1.82, 2.24) is 0 Å². The van der Waals surface area contributed by atoms with Gasteiger partial charge in [0.2, 0.25) is 0 Å². The van der Waals surface area contributed by atoms with E-state index in [0.717, 1.165) is 20.6 Å². The molecule has 0 saturated heterocycles. The summed E-state index contributed by atoms with van der Waals surface area (Å²) in [5, 5.41) is 0.817. The van der Waals surface area contributed by atoms with E-state index in [1.165, 1.54) is 0 Å². The molecule has 0 amide bonds. The molecule has 1 rings (SSSR count). The number of halogens is 3. The number of rotatable bonds is 2. The summed E-state index contributed by atoms with van der Waals surface area (Å²) < 4.78 is 0.916. The van der Waals surface area contributed by atoms with Gasteiger partial charge in [0.15, 0.2) is 0 Å². The molecule has 1 aromatic rings. The smallest absolute Gasteiger partial charge is 0.0477 e. The van der Waals surface area contributed by atoms with Gasteiger partial charge in [-0.25, -0.2) is 0 Å². The second-order valence-electron chi connectivity index (χ2n) is 2.14. The molecular formula is C8H7Cl2I. The van der Waals surface area contributed by atoms with Gasteiger partial charge in [0.25, 0.3) is 0 Å². The van der Waals surface area contributed by atoms with Crippen LogP contribution in [0, 0.1) is 0 Å². The average molecular weight is 301 g/mol. The van der Waals surface area contributed by atoms with Gasteiger partial charge in [0.05, 0.1) is 0 Å². The summed E-state index contributed by atoms with van der Waals surface area (Å²) in [7, 11) is 0. The van der Waals surface area contributed by atoms with Crippen LogP contribution in [0.2, 0.25) is 5.02 Å². The largest absolute Gasteiger partial charge is 0.122 e. The lowest BCUT2D eigenvalue weighted by molar-refractivity contribution is 1.29. The highest BCUT2D eigenvalue weighted by molar-refractivity contribution is 14.1. The molecule has 0 spiro atoms. The van der Waals surface area contributed by atoms with Crippen LogP contribution in [0.25, 0.3) is 0 Å². The highest BCUT2D eigenvalue weighted by Gasteiger charge is 2.02. The van der Waals surface area contributed by atoms with Crippen molar-refractivity contribution in [2.45, 2.75) is 10.3 Å². The fourth-order valence-corrected chi connectivity index (χ4v) is 2.52. The molecule has 0 aliphatic rings. The molecule has 0 fully saturated rings. The maximum atomic E-state index is 5.94. The number of hydrogen-bond donors (Lipinski definition) is 0. The van der Waals surface area contributed by atoms with Crippen LogP contribution in [-0.2, 0) is 10.3 Å². The Labute approximate surface area is 90.0 Å². The lowest BCUT2D eigenvalue weighted by atomic mass is 10.1. The van der Waals surface area contributed by atoms with Gasteiger partial charge in [0.1, 0.15) is 0 Å². The highest BCUT2D eigenvalue weighted by atomic mass is 127. The Morgan fingerprint density at radius 1 is 1.36 bits per heavy atom. The molecule has 0 N–H and O–H groups in total. The van der Waals surface area contributed by atoms with Gasteiger partial charge in [-0.3, -0.25) is 0 Å². The van der Waals surface area contributed by atoms with E-state index in [9.17, 15) is 0 Å². The van der Waals surface area contributed by atoms with E-state index in [1.807, 2.05) is 18.2 Å². The van der Waals surface area contributed by atoms with Crippen LogP contribution in [0.4, 0.5) is 0 Å². The molecule has 0 heterocycles. The third kappa shape index (κ3) is 2.23. The summed E-state index contributed by atoms with van der Waals surface area (Å²) in [5.41, 5.74) is 2.29. The third-order valence-corrected chi connectivity index (χ3v) is 2.90. The minimum Gasteiger partial charge on any atom is -0.122 e. The lowest BCUT2D eigenvalue weighted by Gasteiger charge is -2.04. The van der Waals surface area contributed by atoms with Gasteiger partial charge in [-0.1, -0.05) is 46.3 Å². The van der Waals surface area contributed by atoms with E-state index >= 15 is 0 Å². The van der Waals surface area contributed by atoms with E-state index in [2.05, 4.69) is 22.6 Å². The highest BCUT2D eigenvalue weighted by Crippen LogP contribution is 2.23. The van der Waals surface area contributed by atoms with Crippen molar-refractivity contribution in [2.24, 2.45) is 0 Å². The summed E-state index contributed by atoms with van der Waals surface area (Å²) in [6.45, 7) is 0. The van der Waals surface area contributed by atoms with Gasteiger partial charge < -0.3 is 0 Å². The van der Waals surface area contributed by atoms with Gasteiger partial charge in [-0.05, 0) is 17.2 Å². The predicted octanol–water partition coefficient (Wildman–Crippen LogP) is 4.01. The molecule has 11 heavy (non-hydrogen) atoms. The molecule has 1 aromatic carbocycles. The average Bonchev–Trinajstić information content (AvgIpc) is 2.04. The second-order valence-corrected chi connectivity index (χ2v) is 3.58. The first-order valence-corrected chi connectivity index (χ1v) is 5.61. The van der Waals surface area contributed by atoms with Crippen molar-refractivity contribution in [2.75, 3.05) is 0 Å². The van der Waals surface area contributed by atoms with E-state index in [0.29, 0.717) is 5.88 Å². The molecule has 0 aliphatic carbocycles. The van der Waals surface area contributed by atoms with Crippen molar-refractivity contribution in [3.8, 4) is 0 Å². The van der Waals surface area contributed by atoms with Crippen LogP contribution in [0.5, 0.6) is 0 Å². The Morgan fingerprint density at radius 3 is 2.55 bits per heavy atom. The van der Waals surface area contributed by atoms with Crippen LogP contribution in [0.1, 0.15) is 11.1 Å². The van der Waals surface area contributed by atoms with Crippen molar-refractivity contribution >= 4 is 45.8 Å². The lowest BCUT2D eigenvalue weighted by Crippen LogP contribution is -1.87. The molecule has 0 unspecified atom stereocenters. The second kappa shape index (κ2) is 4.53. The summed E-state index contributed by atoms with van der Waals surface area (Å²) in [5.74, 6) is 0.541. The number of hydrogen-bond acceptors (Lipinski definition) is 0. The molecule has 0 atom stereocenters. The van der Waals surface area contributed by atoms with Gasteiger partial charge in [-0.15, -0.1) is 11.6 Å². The monoisotopic (exact) mass is 300 g/mol. The number of alkyl halides is 2. The third-order valence-electron chi connectivity index (χ3n) is 1.49. The van der Waals surface area contributed by atoms with Crippen LogP contribution in [0.15, 0.2) is 18.2 Å². The maximum absolute atomic E-state index is 5.94. The molecule has 0 radical (unpaired) electrons. The number of benzene rings is 1. The Balaban J connectivity index is 3.13. The molecule has 0 nitrogen and oxygen atoms in total. The van der Waals surface area contributed by atoms with E-state index in [-0.39, 0.29) is 0 Å². The molecule has 0 bridgehead atoms. The first kappa shape index (κ1) is 9.62. The summed E-state index contributed by atoms with van der Waals surface area (Å²) in [6.07, 6.45) is 0. The van der Waals surface area contributed by atoms with Crippen LogP contribution in [-0.4, -0.2) is 0 Å². The van der Waals surface area contributed by atoms with E-state index in [1.54, 1.807) is 0 Å².